The van der Waals surface area contributed by atoms with Crippen LogP contribution >= 0.6 is 0 Å². The Labute approximate surface area is 89.5 Å². The Bertz CT molecular complexity index is 312. The molecule has 6 nitrogen and oxygen atoms in total. The Hall–Kier alpha value is -1.59. The summed E-state index contributed by atoms with van der Waals surface area (Å²) < 4.78 is 4.97. The van der Waals surface area contributed by atoms with Crippen LogP contribution in [0.2, 0.25) is 0 Å². The number of nitrogens with one attached hydrogen (secondary N) is 2. The van der Waals surface area contributed by atoms with Crippen LogP contribution in [-0.4, -0.2) is 34.6 Å². The standard InChI is InChI=1S/C9H17N5O/c1-9(2,3)14-7-11-6(10-4)12-8(13-7)15-5/h1-5H3,(H2,10,11,12,13,14). The highest BCUT2D eigenvalue weighted by Crippen LogP contribution is 2.14. The summed E-state index contributed by atoms with van der Waals surface area (Å²) in [5.74, 6) is 0.979. The number of ether oxygens (including phenoxy) is 1. The molecule has 2 N–H and O–H groups in total. The van der Waals surface area contributed by atoms with Gasteiger partial charge in [-0.1, -0.05) is 0 Å². The molecule has 0 saturated carbocycles. The van der Waals surface area contributed by atoms with Gasteiger partial charge >= 0.3 is 6.01 Å². The molecule has 0 aliphatic carbocycles. The van der Waals surface area contributed by atoms with Gasteiger partial charge in [-0.3, -0.25) is 0 Å². The van der Waals surface area contributed by atoms with Crippen molar-refractivity contribution in [1.82, 2.24) is 15.0 Å². The number of rotatable bonds is 3. The van der Waals surface area contributed by atoms with Crippen LogP contribution < -0.4 is 15.4 Å². The first-order valence-electron chi connectivity index (χ1n) is 4.70. The van der Waals surface area contributed by atoms with Crippen molar-refractivity contribution in [1.29, 1.82) is 0 Å². The second-order valence-electron chi connectivity index (χ2n) is 4.09. The van der Waals surface area contributed by atoms with Crippen molar-refractivity contribution in [3.05, 3.63) is 0 Å². The predicted molar refractivity (Wildman–Crippen MR) is 59.3 cm³/mol. The maximum absolute atomic E-state index is 4.97. The summed E-state index contributed by atoms with van der Waals surface area (Å²) in [5.41, 5.74) is -0.0998. The van der Waals surface area contributed by atoms with E-state index in [9.17, 15) is 0 Å². The monoisotopic (exact) mass is 211 g/mol. The van der Waals surface area contributed by atoms with Gasteiger partial charge in [0.05, 0.1) is 7.11 Å². The third-order valence-electron chi connectivity index (χ3n) is 1.51. The van der Waals surface area contributed by atoms with Crippen molar-refractivity contribution in [3.8, 4) is 6.01 Å². The molecule has 0 aliphatic rings. The normalized spacial score (nSPS) is 11.0. The van der Waals surface area contributed by atoms with E-state index in [2.05, 4.69) is 25.6 Å². The fraction of sp³-hybridized carbons (Fsp3) is 0.667. The number of anilines is 2. The maximum Gasteiger partial charge on any atom is 0.322 e. The molecule has 0 radical (unpaired) electrons. The first-order chi connectivity index (χ1) is 6.94. The highest BCUT2D eigenvalue weighted by Gasteiger charge is 2.13. The summed E-state index contributed by atoms with van der Waals surface area (Å²) in [6.45, 7) is 6.09. The Morgan fingerprint density at radius 3 is 2.13 bits per heavy atom. The molecule has 1 rings (SSSR count). The highest BCUT2D eigenvalue weighted by atomic mass is 16.5. The summed E-state index contributed by atoms with van der Waals surface area (Å²) in [6.07, 6.45) is 0. The molecule has 0 amide bonds. The number of hydrogen-bond acceptors (Lipinski definition) is 6. The lowest BCUT2D eigenvalue weighted by Gasteiger charge is -2.20. The molecule has 0 unspecified atom stereocenters. The van der Waals surface area contributed by atoms with Crippen molar-refractivity contribution >= 4 is 11.9 Å². The molecule has 1 aromatic rings. The zero-order valence-corrected chi connectivity index (χ0v) is 9.75. The van der Waals surface area contributed by atoms with Crippen LogP contribution in [-0.2, 0) is 0 Å². The molecule has 6 heteroatoms. The van der Waals surface area contributed by atoms with Gasteiger partial charge in [0, 0.05) is 12.6 Å². The minimum Gasteiger partial charge on any atom is -0.467 e. The number of nitrogens with zero attached hydrogens (tertiary/aromatic N) is 3. The number of methoxy groups -OCH3 is 1. The fourth-order valence-corrected chi connectivity index (χ4v) is 0.951. The van der Waals surface area contributed by atoms with E-state index in [1.807, 2.05) is 20.8 Å². The van der Waals surface area contributed by atoms with Crippen LogP contribution in [0, 0.1) is 0 Å². The summed E-state index contributed by atoms with van der Waals surface area (Å²) >= 11 is 0. The Kier molecular flexibility index (Phi) is 3.28. The molecule has 15 heavy (non-hydrogen) atoms. The van der Waals surface area contributed by atoms with E-state index in [1.54, 1.807) is 7.05 Å². The van der Waals surface area contributed by atoms with E-state index in [0.717, 1.165) is 0 Å². The Morgan fingerprint density at radius 2 is 1.67 bits per heavy atom. The van der Waals surface area contributed by atoms with Crippen molar-refractivity contribution in [2.45, 2.75) is 26.3 Å². The SMILES string of the molecule is CNc1nc(NC(C)(C)C)nc(OC)n1. The topological polar surface area (TPSA) is 72.0 Å². The molecule has 84 valence electrons. The van der Waals surface area contributed by atoms with Crippen LogP contribution in [0.3, 0.4) is 0 Å². The first kappa shape index (κ1) is 11.5. The van der Waals surface area contributed by atoms with Crippen molar-refractivity contribution < 1.29 is 4.74 Å². The molecule has 1 aromatic heterocycles. The molecular formula is C9H17N5O. The first-order valence-corrected chi connectivity index (χ1v) is 4.70. The lowest BCUT2D eigenvalue weighted by Crippen LogP contribution is -2.27. The fourth-order valence-electron chi connectivity index (χ4n) is 0.951. The van der Waals surface area contributed by atoms with E-state index in [4.69, 9.17) is 4.74 Å². The predicted octanol–water partition coefficient (Wildman–Crippen LogP) is 1.13. The quantitative estimate of drug-likeness (QED) is 0.781. The van der Waals surface area contributed by atoms with E-state index < -0.39 is 0 Å². The van der Waals surface area contributed by atoms with Crippen LogP contribution in [0.1, 0.15) is 20.8 Å². The van der Waals surface area contributed by atoms with Gasteiger partial charge in [-0.15, -0.1) is 0 Å². The van der Waals surface area contributed by atoms with Crippen molar-refractivity contribution in [2.75, 3.05) is 24.8 Å². The van der Waals surface area contributed by atoms with Gasteiger partial charge in [-0.05, 0) is 20.8 Å². The minimum absolute atomic E-state index is 0.0998. The van der Waals surface area contributed by atoms with E-state index in [0.29, 0.717) is 17.9 Å². The molecular weight excluding hydrogens is 194 g/mol. The average Bonchev–Trinajstić information content (AvgIpc) is 2.14. The van der Waals surface area contributed by atoms with E-state index in [1.165, 1.54) is 7.11 Å². The maximum atomic E-state index is 4.97. The lowest BCUT2D eigenvalue weighted by molar-refractivity contribution is 0.379. The Morgan fingerprint density at radius 1 is 1.07 bits per heavy atom. The molecule has 0 aliphatic heterocycles. The average molecular weight is 211 g/mol. The summed E-state index contributed by atoms with van der Waals surface area (Å²) in [4.78, 5) is 12.3. The zero-order chi connectivity index (χ0) is 11.5. The van der Waals surface area contributed by atoms with Gasteiger partial charge < -0.3 is 15.4 Å². The van der Waals surface area contributed by atoms with Gasteiger partial charge in [0.15, 0.2) is 0 Å². The van der Waals surface area contributed by atoms with Crippen LogP contribution in [0.25, 0.3) is 0 Å². The minimum atomic E-state index is -0.0998. The van der Waals surface area contributed by atoms with Gasteiger partial charge in [-0.2, -0.15) is 15.0 Å². The van der Waals surface area contributed by atoms with Crippen molar-refractivity contribution in [3.63, 3.8) is 0 Å². The summed E-state index contributed by atoms with van der Waals surface area (Å²) in [7, 11) is 3.27. The summed E-state index contributed by atoms with van der Waals surface area (Å²) in [6, 6.07) is 0.293. The van der Waals surface area contributed by atoms with Crippen LogP contribution in [0.5, 0.6) is 6.01 Å². The smallest absolute Gasteiger partial charge is 0.322 e. The van der Waals surface area contributed by atoms with Crippen LogP contribution in [0.15, 0.2) is 0 Å². The molecule has 0 bridgehead atoms. The number of aromatic nitrogens is 3. The third kappa shape index (κ3) is 3.57. The Balaban J connectivity index is 2.97. The third-order valence-corrected chi connectivity index (χ3v) is 1.51. The number of hydrogen-bond donors (Lipinski definition) is 2. The lowest BCUT2D eigenvalue weighted by atomic mass is 10.1. The van der Waals surface area contributed by atoms with Crippen molar-refractivity contribution in [2.24, 2.45) is 0 Å². The second kappa shape index (κ2) is 4.29. The molecule has 0 atom stereocenters. The van der Waals surface area contributed by atoms with Gasteiger partial charge in [0.25, 0.3) is 0 Å². The molecule has 0 saturated heterocycles. The molecule has 0 aromatic carbocycles. The van der Waals surface area contributed by atoms with E-state index in [-0.39, 0.29) is 5.54 Å². The zero-order valence-electron chi connectivity index (χ0n) is 9.75. The molecule has 0 spiro atoms. The van der Waals surface area contributed by atoms with E-state index >= 15 is 0 Å². The van der Waals surface area contributed by atoms with Crippen LogP contribution in [0.4, 0.5) is 11.9 Å². The summed E-state index contributed by atoms with van der Waals surface area (Å²) in [5, 5.41) is 5.99. The second-order valence-corrected chi connectivity index (χ2v) is 4.09. The van der Waals surface area contributed by atoms with Gasteiger partial charge in [0.1, 0.15) is 0 Å². The van der Waals surface area contributed by atoms with Gasteiger partial charge in [-0.25, -0.2) is 0 Å². The highest BCUT2D eigenvalue weighted by molar-refractivity contribution is 5.36. The molecule has 1 heterocycles. The van der Waals surface area contributed by atoms with Gasteiger partial charge in [0.2, 0.25) is 11.9 Å². The largest absolute Gasteiger partial charge is 0.467 e. The molecule has 0 fully saturated rings.